The normalized spacial score (nSPS) is 26.2. The van der Waals surface area contributed by atoms with Crippen molar-refractivity contribution >= 4 is 41.4 Å². The highest BCUT2D eigenvalue weighted by atomic mass is 16.5. The molecule has 15 heteroatoms. The summed E-state index contributed by atoms with van der Waals surface area (Å²) in [7, 11) is 4.51. The lowest BCUT2D eigenvalue weighted by Gasteiger charge is -2.36. The molecule has 1 fully saturated rings. The van der Waals surface area contributed by atoms with Crippen LogP contribution in [-0.2, 0) is 38.3 Å². The van der Waals surface area contributed by atoms with Gasteiger partial charge < -0.3 is 35.4 Å². The van der Waals surface area contributed by atoms with Crippen molar-refractivity contribution in [2.75, 3.05) is 21.1 Å². The van der Waals surface area contributed by atoms with Crippen LogP contribution in [0.15, 0.2) is 11.6 Å². The van der Waals surface area contributed by atoms with E-state index >= 15 is 0 Å². The molecule has 0 aromatic heterocycles. The lowest BCUT2D eigenvalue weighted by Crippen LogP contribution is -2.60. The van der Waals surface area contributed by atoms with Gasteiger partial charge in [0.15, 0.2) is 6.10 Å². The van der Waals surface area contributed by atoms with Crippen LogP contribution >= 0.6 is 0 Å². The zero-order chi connectivity index (χ0) is 48.3. The van der Waals surface area contributed by atoms with Gasteiger partial charge in [0.05, 0.1) is 6.07 Å². The van der Waals surface area contributed by atoms with E-state index < -0.39 is 83.8 Å². The molecule has 2 aliphatic rings. The van der Waals surface area contributed by atoms with Gasteiger partial charge >= 0.3 is 5.97 Å². The number of allylic oxidation sites excluding steroid dienone is 1. The molecule has 0 spiro atoms. The Labute approximate surface area is 384 Å². The number of nitriles is 1. The van der Waals surface area contributed by atoms with Gasteiger partial charge in [-0.3, -0.25) is 28.8 Å². The highest BCUT2D eigenvalue weighted by molar-refractivity contribution is 5.97. The molecular weight excluding hydrogens is 815 g/mol. The largest absolute Gasteiger partial charge is 0.451 e. The van der Waals surface area contributed by atoms with Crippen molar-refractivity contribution in [1.82, 2.24) is 30.7 Å². The van der Waals surface area contributed by atoms with Gasteiger partial charge in [-0.05, 0) is 82.0 Å². The summed E-state index contributed by atoms with van der Waals surface area (Å²) in [6, 6.07) is -4.52. The van der Waals surface area contributed by atoms with E-state index in [1.54, 1.807) is 7.05 Å². The number of likely N-dealkylation sites (N-methyl/N-ethyl adjacent to an activating group) is 3. The molecule has 0 aromatic rings. The maximum Gasteiger partial charge on any atom is 0.329 e. The standard InChI is InChI=1S/C49H83N7O8/c1-13-15-20-33(7)28-38-46(60)54(10)35(9)49(63)64-42(24-19-25-50)45(59)53-39(29-34(8)21-16-14-2)48(62)55(11)40(27-32(5)6)43(57)51-37(26-31(3)4)47(61)56(12)41(44(58)52-38)30-36-22-17-18-23-36/h22,31-35,37-42H,13-21,23-24,26-30H2,1-12H3,(H,51,57)(H,52,58)(H,53,59)/t33-,34-,35+,37+,38+,39+,40+,41+,42-/m1/s1. The molecular formula is C49H83N7O8. The number of carbonyl (C=O) groups excluding carboxylic acids is 7. The summed E-state index contributed by atoms with van der Waals surface area (Å²) in [5, 5.41) is 18.3. The van der Waals surface area contributed by atoms with Crippen LogP contribution < -0.4 is 16.0 Å². The smallest absolute Gasteiger partial charge is 0.329 e. The minimum Gasteiger partial charge on any atom is -0.451 e. The summed E-state index contributed by atoms with van der Waals surface area (Å²) in [4.78, 5) is 105. The number of hydrogen-bond acceptors (Lipinski definition) is 9. The second-order valence-electron chi connectivity index (χ2n) is 19.5. The minimum atomic E-state index is -1.47. The minimum absolute atomic E-state index is 0.0108. The Morgan fingerprint density at radius 1 is 0.688 bits per heavy atom. The van der Waals surface area contributed by atoms with Gasteiger partial charge in [-0.25, -0.2) is 4.79 Å². The van der Waals surface area contributed by atoms with Crippen LogP contribution in [0.2, 0.25) is 0 Å². The van der Waals surface area contributed by atoms with Crippen LogP contribution in [0.4, 0.5) is 0 Å². The van der Waals surface area contributed by atoms with E-state index in [9.17, 15) is 38.8 Å². The lowest BCUT2D eigenvalue weighted by molar-refractivity contribution is -0.163. The van der Waals surface area contributed by atoms with E-state index in [1.807, 2.05) is 47.6 Å². The van der Waals surface area contributed by atoms with Crippen LogP contribution in [-0.4, -0.2) is 120 Å². The molecule has 0 saturated carbocycles. The molecule has 2 rings (SSSR count). The first kappa shape index (κ1) is 55.7. The number of hydrogen-bond donors (Lipinski definition) is 3. The lowest BCUT2D eigenvalue weighted by atomic mass is 9.94. The Kier molecular flexibility index (Phi) is 24.1. The van der Waals surface area contributed by atoms with E-state index in [1.165, 1.54) is 35.7 Å². The van der Waals surface area contributed by atoms with Gasteiger partial charge in [0, 0.05) is 34.0 Å². The van der Waals surface area contributed by atoms with Gasteiger partial charge in [0.2, 0.25) is 29.5 Å². The van der Waals surface area contributed by atoms with Crippen molar-refractivity contribution in [2.24, 2.45) is 23.7 Å². The molecule has 9 atom stereocenters. The molecule has 362 valence electrons. The van der Waals surface area contributed by atoms with E-state index in [0.29, 0.717) is 0 Å². The fourth-order valence-corrected chi connectivity index (χ4v) is 8.62. The van der Waals surface area contributed by atoms with Crippen LogP contribution in [0.1, 0.15) is 165 Å². The number of carbonyl (C=O) groups is 7. The summed E-state index contributed by atoms with van der Waals surface area (Å²) in [5.41, 5.74) is 1.02. The van der Waals surface area contributed by atoms with E-state index in [2.05, 4.69) is 35.9 Å². The molecule has 0 radical (unpaired) electrons. The highest BCUT2D eigenvalue weighted by Gasteiger charge is 2.41. The van der Waals surface area contributed by atoms with Crippen molar-refractivity contribution in [3.63, 3.8) is 0 Å². The van der Waals surface area contributed by atoms with Crippen molar-refractivity contribution < 1.29 is 38.3 Å². The Morgan fingerprint density at radius 2 is 1.16 bits per heavy atom. The molecule has 6 amide bonds. The zero-order valence-electron chi connectivity index (χ0n) is 41.3. The van der Waals surface area contributed by atoms with Gasteiger partial charge in [-0.1, -0.05) is 106 Å². The van der Waals surface area contributed by atoms with Crippen LogP contribution in [0.3, 0.4) is 0 Å². The zero-order valence-corrected chi connectivity index (χ0v) is 41.3. The average Bonchev–Trinajstić information content (AvgIpc) is 3.77. The average molecular weight is 898 g/mol. The molecule has 1 aliphatic heterocycles. The third-order valence-corrected chi connectivity index (χ3v) is 12.8. The van der Waals surface area contributed by atoms with Gasteiger partial charge in [-0.2, -0.15) is 5.26 Å². The second-order valence-corrected chi connectivity index (χ2v) is 19.5. The van der Waals surface area contributed by atoms with Crippen LogP contribution in [0, 0.1) is 35.0 Å². The molecule has 0 aromatic carbocycles. The Hall–Kier alpha value is -4.48. The van der Waals surface area contributed by atoms with E-state index in [4.69, 9.17) is 4.74 Å². The van der Waals surface area contributed by atoms with Gasteiger partial charge in [0.1, 0.15) is 36.3 Å². The summed E-state index contributed by atoms with van der Waals surface area (Å²) < 4.78 is 5.79. The van der Waals surface area contributed by atoms with Crippen molar-refractivity contribution in [3.8, 4) is 6.07 Å². The number of nitrogens with one attached hydrogen (secondary N) is 3. The fraction of sp³-hybridized carbons (Fsp3) is 0.796. The topological polar surface area (TPSA) is 198 Å². The summed E-state index contributed by atoms with van der Waals surface area (Å²) >= 11 is 0. The van der Waals surface area contributed by atoms with Crippen LogP contribution in [0.25, 0.3) is 0 Å². The fourth-order valence-electron chi connectivity index (χ4n) is 8.62. The van der Waals surface area contributed by atoms with E-state index in [0.717, 1.165) is 63.4 Å². The van der Waals surface area contributed by atoms with Gasteiger partial charge in [-0.15, -0.1) is 0 Å². The summed E-state index contributed by atoms with van der Waals surface area (Å²) in [6.45, 7) is 17.3. The van der Waals surface area contributed by atoms with Crippen LogP contribution in [0.5, 0.6) is 0 Å². The first-order valence-corrected chi connectivity index (χ1v) is 24.1. The number of unbranched alkanes of at least 4 members (excludes halogenated alkanes) is 2. The second kappa shape index (κ2) is 27.8. The SMILES string of the molecule is CCCC[C@@H](C)C[C@@H]1NC(=O)[C@H](CC2=CCCC2)N(C)C(=O)[C@H](CC(C)C)NC(=O)[C@H](CC(C)C)N(C)C(=O)[C@H](C[C@H](C)CCCC)NC(=O)[C@@H](CCC#N)OC(=O)[C@H](C)N(C)C1=O. The Balaban J connectivity index is 2.87. The first-order valence-electron chi connectivity index (χ1n) is 24.1. The molecule has 0 unspecified atom stereocenters. The molecule has 1 saturated heterocycles. The Bertz CT molecular complexity index is 1640. The summed E-state index contributed by atoms with van der Waals surface area (Å²) in [6.07, 6.45) is 9.33. The third kappa shape index (κ3) is 17.5. The molecule has 64 heavy (non-hydrogen) atoms. The molecule has 1 aliphatic carbocycles. The highest BCUT2D eigenvalue weighted by Crippen LogP contribution is 2.26. The maximum absolute atomic E-state index is 14.8. The summed E-state index contributed by atoms with van der Waals surface area (Å²) in [5.74, 6) is -4.42. The quantitative estimate of drug-likeness (QED) is 0.106. The molecule has 15 nitrogen and oxygen atoms in total. The number of ether oxygens (including phenoxy) is 1. The number of rotatable bonds is 18. The Morgan fingerprint density at radius 3 is 1.62 bits per heavy atom. The molecule has 3 N–H and O–H groups in total. The van der Waals surface area contributed by atoms with Gasteiger partial charge in [0.25, 0.3) is 5.91 Å². The van der Waals surface area contributed by atoms with E-state index in [-0.39, 0.29) is 68.6 Å². The van der Waals surface area contributed by atoms with Crippen molar-refractivity contribution in [2.45, 2.75) is 207 Å². The predicted octanol–water partition coefficient (Wildman–Crippen LogP) is 6.20. The van der Waals surface area contributed by atoms with Crippen molar-refractivity contribution in [3.05, 3.63) is 11.6 Å². The monoisotopic (exact) mass is 898 g/mol. The number of nitrogens with zero attached hydrogens (tertiary/aromatic N) is 4. The predicted molar refractivity (Wildman–Crippen MR) is 248 cm³/mol. The molecule has 1 heterocycles. The number of cyclic esters (lactones) is 1. The number of esters is 1. The van der Waals surface area contributed by atoms with Crippen molar-refractivity contribution in [1.29, 1.82) is 5.26 Å². The third-order valence-electron chi connectivity index (χ3n) is 12.8. The maximum atomic E-state index is 14.8. The number of amides is 6. The first-order chi connectivity index (χ1) is 30.2. The molecule has 0 bridgehead atoms.